The van der Waals surface area contributed by atoms with Gasteiger partial charge in [0, 0.05) is 10.4 Å². The van der Waals surface area contributed by atoms with Gasteiger partial charge in [-0.05, 0) is 23.6 Å². The molecule has 1 N–H and O–H groups in total. The predicted molar refractivity (Wildman–Crippen MR) is 77.1 cm³/mol. The molecule has 94 valence electrons. The second kappa shape index (κ2) is 5.27. The second-order valence-electron chi connectivity index (χ2n) is 4.08. The maximum atomic E-state index is 8.77. The van der Waals surface area contributed by atoms with Crippen molar-refractivity contribution >= 4 is 22.4 Å². The van der Waals surface area contributed by atoms with Crippen LogP contribution in [0.15, 0.2) is 42.0 Å². The Morgan fingerprint density at radius 2 is 2.16 bits per heavy atom. The fourth-order valence-electron chi connectivity index (χ4n) is 2.00. The summed E-state index contributed by atoms with van der Waals surface area (Å²) in [5, 5.41) is 10.8. The standard InChI is InChI=1S/C15H12N2OS/c18-8-3-4-12-7-9-19-15(12)10-17-11-16-13-5-1-2-6-14(13)17/h1-2,5-7,9,11,18H,8,10H2. The molecule has 0 aliphatic rings. The number of aliphatic hydroxyl groups excluding tert-OH is 1. The summed E-state index contributed by atoms with van der Waals surface area (Å²) < 4.78 is 2.12. The second-order valence-corrected chi connectivity index (χ2v) is 5.08. The van der Waals surface area contributed by atoms with E-state index in [1.807, 2.05) is 36.0 Å². The number of fused-ring (bicyclic) bond motifs is 1. The van der Waals surface area contributed by atoms with Gasteiger partial charge in [0.25, 0.3) is 0 Å². The van der Waals surface area contributed by atoms with Gasteiger partial charge in [0.05, 0.1) is 23.9 Å². The van der Waals surface area contributed by atoms with Crippen LogP contribution in [0, 0.1) is 11.8 Å². The minimum absolute atomic E-state index is 0.108. The van der Waals surface area contributed by atoms with Gasteiger partial charge in [-0.2, -0.15) is 0 Å². The van der Waals surface area contributed by atoms with Crippen LogP contribution in [0.5, 0.6) is 0 Å². The van der Waals surface area contributed by atoms with Crippen LogP contribution in [0.4, 0.5) is 0 Å². The molecule has 4 heteroatoms. The smallest absolute Gasteiger partial charge is 0.104 e. The molecule has 0 aliphatic heterocycles. The van der Waals surface area contributed by atoms with Crippen molar-refractivity contribution in [2.24, 2.45) is 0 Å². The highest BCUT2D eigenvalue weighted by Gasteiger charge is 2.06. The number of rotatable bonds is 2. The maximum Gasteiger partial charge on any atom is 0.104 e. The highest BCUT2D eigenvalue weighted by Crippen LogP contribution is 2.20. The maximum absolute atomic E-state index is 8.77. The third kappa shape index (κ3) is 2.39. The normalized spacial score (nSPS) is 10.4. The van der Waals surface area contributed by atoms with Crippen LogP contribution in [-0.4, -0.2) is 21.3 Å². The highest BCUT2D eigenvalue weighted by molar-refractivity contribution is 7.10. The Labute approximate surface area is 115 Å². The van der Waals surface area contributed by atoms with E-state index in [0.29, 0.717) is 0 Å². The molecule has 0 atom stereocenters. The van der Waals surface area contributed by atoms with Crippen LogP contribution < -0.4 is 0 Å². The summed E-state index contributed by atoms with van der Waals surface area (Å²) >= 11 is 1.67. The van der Waals surface area contributed by atoms with Gasteiger partial charge in [0.2, 0.25) is 0 Å². The molecule has 0 fully saturated rings. The van der Waals surface area contributed by atoms with Gasteiger partial charge in [-0.15, -0.1) is 11.3 Å². The largest absolute Gasteiger partial charge is 0.384 e. The van der Waals surface area contributed by atoms with E-state index >= 15 is 0 Å². The van der Waals surface area contributed by atoms with Crippen LogP contribution >= 0.6 is 11.3 Å². The Balaban J connectivity index is 1.95. The molecule has 0 unspecified atom stereocenters. The number of nitrogens with zero attached hydrogens (tertiary/aromatic N) is 2. The summed E-state index contributed by atoms with van der Waals surface area (Å²) in [6.45, 7) is 0.650. The molecule has 0 amide bonds. The van der Waals surface area contributed by atoms with Crippen molar-refractivity contribution in [3.05, 3.63) is 52.5 Å². The fraction of sp³-hybridized carbons (Fsp3) is 0.133. The van der Waals surface area contributed by atoms with Crippen molar-refractivity contribution in [1.29, 1.82) is 0 Å². The van der Waals surface area contributed by atoms with E-state index in [-0.39, 0.29) is 6.61 Å². The molecule has 0 aliphatic carbocycles. The van der Waals surface area contributed by atoms with E-state index in [0.717, 1.165) is 23.1 Å². The Morgan fingerprint density at radius 3 is 3.05 bits per heavy atom. The van der Waals surface area contributed by atoms with Crippen molar-refractivity contribution < 1.29 is 5.11 Å². The van der Waals surface area contributed by atoms with Crippen molar-refractivity contribution in [2.75, 3.05) is 6.61 Å². The lowest BCUT2D eigenvalue weighted by Crippen LogP contribution is -1.97. The quantitative estimate of drug-likeness (QED) is 0.725. The van der Waals surface area contributed by atoms with Gasteiger partial charge in [0.1, 0.15) is 6.61 Å². The Hall–Kier alpha value is -2.09. The number of thiophene rings is 1. The molecule has 3 rings (SSSR count). The molecular weight excluding hydrogens is 256 g/mol. The van der Waals surface area contributed by atoms with Gasteiger partial charge in [-0.25, -0.2) is 4.98 Å². The molecule has 0 bridgehead atoms. The molecule has 2 heterocycles. The van der Waals surface area contributed by atoms with Crippen LogP contribution in [0.25, 0.3) is 11.0 Å². The first-order chi connectivity index (χ1) is 9.38. The molecule has 0 saturated heterocycles. The molecular formula is C15H12N2OS. The molecule has 3 nitrogen and oxygen atoms in total. The van der Waals surface area contributed by atoms with Crippen LogP contribution in [0.2, 0.25) is 0 Å². The summed E-state index contributed by atoms with van der Waals surface area (Å²) in [5.74, 6) is 5.68. The van der Waals surface area contributed by atoms with Gasteiger partial charge < -0.3 is 9.67 Å². The van der Waals surface area contributed by atoms with E-state index < -0.39 is 0 Å². The average Bonchev–Trinajstić information content (AvgIpc) is 3.05. The first-order valence-electron chi connectivity index (χ1n) is 5.94. The molecule has 3 aromatic rings. The zero-order valence-electron chi connectivity index (χ0n) is 10.2. The van der Waals surface area contributed by atoms with Gasteiger partial charge in [0.15, 0.2) is 0 Å². The number of para-hydroxylation sites is 2. The Morgan fingerprint density at radius 1 is 1.26 bits per heavy atom. The van der Waals surface area contributed by atoms with Crippen LogP contribution in [0.1, 0.15) is 10.4 Å². The van der Waals surface area contributed by atoms with E-state index in [2.05, 4.69) is 27.5 Å². The first kappa shape index (κ1) is 12.0. The number of aromatic nitrogens is 2. The number of benzene rings is 1. The number of aliphatic hydroxyl groups is 1. The lowest BCUT2D eigenvalue weighted by atomic mass is 10.2. The monoisotopic (exact) mass is 268 g/mol. The van der Waals surface area contributed by atoms with E-state index in [9.17, 15) is 0 Å². The Bertz CT molecular complexity index is 761. The first-order valence-corrected chi connectivity index (χ1v) is 6.82. The highest BCUT2D eigenvalue weighted by atomic mass is 32.1. The molecule has 0 spiro atoms. The van der Waals surface area contributed by atoms with Gasteiger partial charge in [-0.3, -0.25) is 0 Å². The fourth-order valence-corrected chi connectivity index (χ4v) is 2.83. The van der Waals surface area contributed by atoms with Crippen LogP contribution in [-0.2, 0) is 6.54 Å². The average molecular weight is 268 g/mol. The molecule has 2 aromatic heterocycles. The number of imidazole rings is 1. The van der Waals surface area contributed by atoms with Crippen LogP contribution in [0.3, 0.4) is 0 Å². The summed E-state index contributed by atoms with van der Waals surface area (Å²) in [6.07, 6.45) is 1.85. The summed E-state index contributed by atoms with van der Waals surface area (Å²) in [7, 11) is 0. The summed E-state index contributed by atoms with van der Waals surface area (Å²) in [4.78, 5) is 5.57. The van der Waals surface area contributed by atoms with Crippen molar-refractivity contribution in [2.45, 2.75) is 6.54 Å². The number of hydrogen-bond donors (Lipinski definition) is 1. The number of hydrogen-bond acceptors (Lipinski definition) is 3. The van der Waals surface area contributed by atoms with E-state index in [1.165, 1.54) is 4.88 Å². The SMILES string of the molecule is OCC#Cc1ccsc1Cn1cnc2ccccc21. The molecule has 0 saturated carbocycles. The van der Waals surface area contributed by atoms with E-state index in [4.69, 9.17) is 5.11 Å². The lowest BCUT2D eigenvalue weighted by molar-refractivity contribution is 0.350. The molecule has 19 heavy (non-hydrogen) atoms. The predicted octanol–water partition coefficient (Wildman–Crippen LogP) is 2.49. The topological polar surface area (TPSA) is 38.0 Å². The van der Waals surface area contributed by atoms with Gasteiger partial charge >= 0.3 is 0 Å². The minimum atomic E-state index is -0.108. The van der Waals surface area contributed by atoms with Crippen molar-refractivity contribution in [3.63, 3.8) is 0 Å². The van der Waals surface area contributed by atoms with Crippen molar-refractivity contribution in [1.82, 2.24) is 9.55 Å². The molecule has 1 aromatic carbocycles. The minimum Gasteiger partial charge on any atom is -0.384 e. The third-order valence-electron chi connectivity index (χ3n) is 2.89. The zero-order chi connectivity index (χ0) is 13.1. The van der Waals surface area contributed by atoms with E-state index in [1.54, 1.807) is 11.3 Å². The molecule has 0 radical (unpaired) electrons. The zero-order valence-corrected chi connectivity index (χ0v) is 11.0. The van der Waals surface area contributed by atoms with Crippen molar-refractivity contribution in [3.8, 4) is 11.8 Å². The Kier molecular flexibility index (Phi) is 3.32. The third-order valence-corrected chi connectivity index (χ3v) is 3.79. The lowest BCUT2D eigenvalue weighted by Gasteiger charge is -2.02. The summed E-state index contributed by atoms with van der Waals surface area (Å²) in [6, 6.07) is 10.1. The van der Waals surface area contributed by atoms with Gasteiger partial charge in [-0.1, -0.05) is 24.0 Å². The summed E-state index contributed by atoms with van der Waals surface area (Å²) in [5.41, 5.74) is 3.11.